The summed E-state index contributed by atoms with van der Waals surface area (Å²) in [7, 11) is 0. The molecular weight excluding hydrogens is 308 g/mol. The molecule has 138 valence electrons. The van der Waals surface area contributed by atoms with Crippen LogP contribution in [0.25, 0.3) is 0 Å². The lowest BCUT2D eigenvalue weighted by molar-refractivity contribution is -0.109. The molecule has 0 aliphatic carbocycles. The Kier molecular flexibility index (Phi) is 8.66. The Morgan fingerprint density at radius 2 is 1.92 bits per heavy atom. The van der Waals surface area contributed by atoms with Crippen molar-refractivity contribution in [3.8, 4) is 0 Å². The Labute approximate surface area is 144 Å². The zero-order valence-corrected chi connectivity index (χ0v) is 14.7. The molecule has 0 radical (unpaired) electrons. The molecule has 0 aromatic carbocycles. The highest BCUT2D eigenvalue weighted by Crippen LogP contribution is 2.11. The molecule has 3 N–H and O–H groups in total. The molecule has 0 spiro atoms. The molecule has 1 aromatic rings. The van der Waals surface area contributed by atoms with Crippen LogP contribution >= 0.6 is 0 Å². The van der Waals surface area contributed by atoms with Gasteiger partial charge in [-0.25, -0.2) is 0 Å². The standard InChI is InChI=1S/C17H32N4O3/c1-2-3-4-5-6-7-8-9-21-12-14(19-20-21)13-24-16-11-18-10-15(22)17(16)23/h12,15-18,22-23H,2-11,13H2,1H3/t15-,16+,17-/m1/s1. The summed E-state index contributed by atoms with van der Waals surface area (Å²) >= 11 is 0. The van der Waals surface area contributed by atoms with Gasteiger partial charge in [0.1, 0.15) is 11.8 Å². The second kappa shape index (κ2) is 10.8. The lowest BCUT2D eigenvalue weighted by Gasteiger charge is -2.32. The molecule has 2 heterocycles. The number of piperidine rings is 1. The van der Waals surface area contributed by atoms with Crippen molar-refractivity contribution in [1.29, 1.82) is 0 Å². The van der Waals surface area contributed by atoms with E-state index in [-0.39, 0.29) is 0 Å². The Balaban J connectivity index is 1.60. The minimum absolute atomic E-state index is 0.299. The van der Waals surface area contributed by atoms with E-state index >= 15 is 0 Å². The number of nitrogens with zero attached hydrogens (tertiary/aromatic N) is 3. The average Bonchev–Trinajstić information content (AvgIpc) is 3.03. The SMILES string of the molecule is CCCCCCCCCn1cc(CO[C@H]2CNC[C@@H](O)[C@H]2O)nn1. The lowest BCUT2D eigenvalue weighted by Crippen LogP contribution is -2.54. The van der Waals surface area contributed by atoms with Crippen molar-refractivity contribution < 1.29 is 14.9 Å². The molecule has 0 unspecified atom stereocenters. The molecule has 0 bridgehead atoms. The van der Waals surface area contributed by atoms with Crippen LogP contribution in [-0.4, -0.2) is 56.6 Å². The van der Waals surface area contributed by atoms with Crippen molar-refractivity contribution in [2.24, 2.45) is 0 Å². The van der Waals surface area contributed by atoms with Crippen molar-refractivity contribution in [3.05, 3.63) is 11.9 Å². The predicted octanol–water partition coefficient (Wildman–Crippen LogP) is 1.24. The normalized spacial score (nSPS) is 24.4. The topological polar surface area (TPSA) is 92.4 Å². The fraction of sp³-hybridized carbons (Fsp3) is 0.882. The van der Waals surface area contributed by atoms with E-state index in [0.29, 0.717) is 19.7 Å². The first kappa shape index (κ1) is 19.3. The van der Waals surface area contributed by atoms with Gasteiger partial charge in [-0.2, -0.15) is 0 Å². The fourth-order valence-corrected chi connectivity index (χ4v) is 2.96. The third-order valence-electron chi connectivity index (χ3n) is 4.50. The first-order valence-electron chi connectivity index (χ1n) is 9.28. The van der Waals surface area contributed by atoms with Crippen molar-refractivity contribution in [2.75, 3.05) is 13.1 Å². The van der Waals surface area contributed by atoms with Gasteiger partial charge in [0.15, 0.2) is 0 Å². The highest BCUT2D eigenvalue weighted by atomic mass is 16.5. The minimum atomic E-state index is -0.853. The average molecular weight is 340 g/mol. The predicted molar refractivity (Wildman–Crippen MR) is 91.5 cm³/mol. The van der Waals surface area contributed by atoms with Crippen LogP contribution in [-0.2, 0) is 17.9 Å². The van der Waals surface area contributed by atoms with Gasteiger partial charge < -0.3 is 20.3 Å². The molecular formula is C17H32N4O3. The zero-order chi connectivity index (χ0) is 17.2. The van der Waals surface area contributed by atoms with E-state index in [1.807, 2.05) is 10.9 Å². The van der Waals surface area contributed by atoms with E-state index in [0.717, 1.165) is 18.7 Å². The Bertz CT molecular complexity index is 455. The number of ether oxygens (including phenoxy) is 1. The number of aromatic nitrogens is 3. The van der Waals surface area contributed by atoms with Gasteiger partial charge >= 0.3 is 0 Å². The van der Waals surface area contributed by atoms with Gasteiger partial charge in [0.25, 0.3) is 0 Å². The Morgan fingerprint density at radius 3 is 2.71 bits per heavy atom. The molecule has 1 aliphatic heterocycles. The van der Waals surface area contributed by atoms with Crippen LogP contribution in [0.1, 0.15) is 57.6 Å². The third-order valence-corrected chi connectivity index (χ3v) is 4.50. The molecule has 1 fully saturated rings. The second-order valence-electron chi connectivity index (χ2n) is 6.66. The van der Waals surface area contributed by atoms with Crippen LogP contribution in [0, 0.1) is 0 Å². The Hall–Kier alpha value is -1.02. The van der Waals surface area contributed by atoms with Crippen molar-refractivity contribution in [1.82, 2.24) is 20.3 Å². The molecule has 7 heteroatoms. The van der Waals surface area contributed by atoms with Gasteiger partial charge in [-0.15, -0.1) is 5.10 Å². The molecule has 24 heavy (non-hydrogen) atoms. The van der Waals surface area contributed by atoms with Crippen LogP contribution in [0.15, 0.2) is 6.20 Å². The van der Waals surface area contributed by atoms with E-state index in [4.69, 9.17) is 4.74 Å². The third kappa shape index (κ3) is 6.47. The first-order valence-corrected chi connectivity index (χ1v) is 9.28. The molecule has 0 saturated carbocycles. The highest BCUT2D eigenvalue weighted by molar-refractivity contribution is 4.91. The van der Waals surface area contributed by atoms with Crippen LogP contribution < -0.4 is 5.32 Å². The Morgan fingerprint density at radius 1 is 1.17 bits per heavy atom. The maximum absolute atomic E-state index is 9.89. The number of aliphatic hydroxyl groups is 2. The number of unbranched alkanes of at least 4 members (excludes halogenated alkanes) is 6. The summed E-state index contributed by atoms with van der Waals surface area (Å²) in [5.41, 5.74) is 0.755. The second-order valence-corrected chi connectivity index (χ2v) is 6.66. The van der Waals surface area contributed by atoms with E-state index in [1.54, 1.807) is 0 Å². The monoisotopic (exact) mass is 340 g/mol. The summed E-state index contributed by atoms with van der Waals surface area (Å²) in [5.74, 6) is 0. The van der Waals surface area contributed by atoms with Gasteiger partial charge in [0.05, 0.1) is 25.0 Å². The van der Waals surface area contributed by atoms with Gasteiger partial charge in [-0.3, -0.25) is 4.68 Å². The van der Waals surface area contributed by atoms with E-state index in [9.17, 15) is 10.2 Å². The molecule has 1 aliphatic rings. The van der Waals surface area contributed by atoms with E-state index in [2.05, 4.69) is 22.6 Å². The van der Waals surface area contributed by atoms with Crippen molar-refractivity contribution in [3.63, 3.8) is 0 Å². The van der Waals surface area contributed by atoms with Gasteiger partial charge in [-0.1, -0.05) is 50.7 Å². The quantitative estimate of drug-likeness (QED) is 0.525. The molecule has 3 atom stereocenters. The van der Waals surface area contributed by atoms with E-state index in [1.165, 1.54) is 38.5 Å². The number of β-amino-alcohol motifs (C(OH)–C–C–N with tert-alkyl or cyclic N) is 1. The minimum Gasteiger partial charge on any atom is -0.389 e. The molecule has 0 amide bonds. The number of aryl methyl sites for hydroxylation is 1. The molecule has 2 rings (SSSR count). The summed E-state index contributed by atoms with van der Waals surface area (Å²) in [6, 6.07) is 0. The summed E-state index contributed by atoms with van der Waals surface area (Å²) in [6.45, 7) is 4.35. The highest BCUT2D eigenvalue weighted by Gasteiger charge is 2.31. The van der Waals surface area contributed by atoms with Crippen molar-refractivity contribution >= 4 is 0 Å². The smallest absolute Gasteiger partial charge is 0.108 e. The maximum atomic E-state index is 9.89. The van der Waals surface area contributed by atoms with Crippen LogP contribution in [0.3, 0.4) is 0 Å². The molecule has 7 nitrogen and oxygen atoms in total. The van der Waals surface area contributed by atoms with Gasteiger partial charge in [-0.05, 0) is 6.42 Å². The number of nitrogens with one attached hydrogen (secondary N) is 1. The molecule has 1 saturated heterocycles. The van der Waals surface area contributed by atoms with E-state index < -0.39 is 18.3 Å². The number of aliphatic hydroxyl groups excluding tert-OH is 2. The summed E-state index contributed by atoms with van der Waals surface area (Å²) in [5, 5.41) is 30.8. The largest absolute Gasteiger partial charge is 0.389 e. The lowest BCUT2D eigenvalue weighted by atomic mass is 10.0. The fourth-order valence-electron chi connectivity index (χ4n) is 2.96. The number of rotatable bonds is 11. The number of hydrogen-bond acceptors (Lipinski definition) is 6. The van der Waals surface area contributed by atoms with Gasteiger partial charge in [0, 0.05) is 19.6 Å². The van der Waals surface area contributed by atoms with Gasteiger partial charge in [0.2, 0.25) is 0 Å². The zero-order valence-electron chi connectivity index (χ0n) is 14.7. The summed E-state index contributed by atoms with van der Waals surface area (Å²) in [4.78, 5) is 0. The first-order chi connectivity index (χ1) is 11.7. The molecule has 1 aromatic heterocycles. The van der Waals surface area contributed by atoms with Crippen LogP contribution in [0.4, 0.5) is 0 Å². The van der Waals surface area contributed by atoms with Crippen molar-refractivity contribution in [2.45, 2.75) is 83.3 Å². The summed E-state index contributed by atoms with van der Waals surface area (Å²) in [6.07, 6.45) is 8.79. The maximum Gasteiger partial charge on any atom is 0.108 e. The van der Waals surface area contributed by atoms with Crippen LogP contribution in [0.5, 0.6) is 0 Å². The summed E-state index contributed by atoms with van der Waals surface area (Å²) < 4.78 is 7.51. The number of hydrogen-bond donors (Lipinski definition) is 3. The van der Waals surface area contributed by atoms with Crippen LogP contribution in [0.2, 0.25) is 0 Å².